The summed E-state index contributed by atoms with van der Waals surface area (Å²) in [6.45, 7) is 14.9. The van der Waals surface area contributed by atoms with Crippen LogP contribution in [0.15, 0.2) is 36.5 Å². The molecule has 0 radical (unpaired) electrons. The second-order valence-electron chi connectivity index (χ2n) is 3.82. The van der Waals surface area contributed by atoms with Crippen LogP contribution in [0.4, 0.5) is 0 Å². The molecular formula is C15H24O6. The summed E-state index contributed by atoms with van der Waals surface area (Å²) in [5.74, 6) is -1.04. The largest absolute Gasteiger partial charge is 0.466 e. The van der Waals surface area contributed by atoms with Crippen molar-refractivity contribution in [2.75, 3.05) is 21.3 Å². The normalized spacial score (nSPS) is 7.71. The summed E-state index contributed by atoms with van der Waals surface area (Å²) in [6.07, 6.45) is 0. The predicted molar refractivity (Wildman–Crippen MR) is 80.5 cm³/mol. The Balaban J connectivity index is -0.000000231. The molecule has 0 aliphatic heterocycles. The van der Waals surface area contributed by atoms with Crippen molar-refractivity contribution in [2.45, 2.75) is 20.8 Å². The lowest BCUT2D eigenvalue weighted by atomic mass is 10.4. The summed E-state index contributed by atoms with van der Waals surface area (Å²) in [7, 11) is 3.99. The molecule has 0 fully saturated rings. The van der Waals surface area contributed by atoms with Crippen LogP contribution >= 0.6 is 0 Å². The second-order valence-corrected chi connectivity index (χ2v) is 3.82. The number of esters is 3. The fourth-order valence-electron chi connectivity index (χ4n) is 0.523. The van der Waals surface area contributed by atoms with Crippen LogP contribution in [0, 0.1) is 0 Å². The van der Waals surface area contributed by atoms with Gasteiger partial charge < -0.3 is 14.2 Å². The zero-order valence-corrected chi connectivity index (χ0v) is 13.6. The molecule has 21 heavy (non-hydrogen) atoms. The highest BCUT2D eigenvalue weighted by atomic mass is 16.5. The molecule has 6 nitrogen and oxygen atoms in total. The molecule has 0 heterocycles. The van der Waals surface area contributed by atoms with Gasteiger partial charge in [0, 0.05) is 16.7 Å². The highest BCUT2D eigenvalue weighted by Crippen LogP contribution is 1.88. The van der Waals surface area contributed by atoms with Gasteiger partial charge in [-0.25, -0.2) is 14.4 Å². The van der Waals surface area contributed by atoms with Gasteiger partial charge in [-0.3, -0.25) is 0 Å². The van der Waals surface area contributed by atoms with Crippen molar-refractivity contribution in [1.29, 1.82) is 0 Å². The summed E-state index contributed by atoms with van der Waals surface area (Å²) in [5.41, 5.74) is 1.30. The summed E-state index contributed by atoms with van der Waals surface area (Å²) in [6, 6.07) is 0. The molecule has 0 aromatic heterocycles. The molecule has 0 unspecified atom stereocenters. The molecule has 0 aromatic carbocycles. The van der Waals surface area contributed by atoms with Crippen molar-refractivity contribution in [3.8, 4) is 0 Å². The van der Waals surface area contributed by atoms with E-state index in [2.05, 4.69) is 33.9 Å². The topological polar surface area (TPSA) is 78.9 Å². The summed E-state index contributed by atoms with van der Waals surface area (Å²) >= 11 is 0. The molecule has 0 spiro atoms. The third-order valence-electron chi connectivity index (χ3n) is 1.60. The molecule has 0 amide bonds. The SMILES string of the molecule is C=C(C)C(=O)OC.C=C(C)C(=O)OC.C=C(C)C(=O)OC. The molecule has 0 bridgehead atoms. The summed E-state index contributed by atoms with van der Waals surface area (Å²) < 4.78 is 12.8. The lowest BCUT2D eigenvalue weighted by molar-refractivity contribution is -0.136. The Bertz CT molecular complexity index is 345. The average molecular weight is 300 g/mol. The van der Waals surface area contributed by atoms with Crippen molar-refractivity contribution in [2.24, 2.45) is 0 Å². The van der Waals surface area contributed by atoms with E-state index >= 15 is 0 Å². The zero-order chi connectivity index (χ0) is 17.6. The van der Waals surface area contributed by atoms with Crippen LogP contribution in [0.25, 0.3) is 0 Å². The Morgan fingerprint density at radius 3 is 0.714 bits per heavy atom. The van der Waals surface area contributed by atoms with Crippen LogP contribution in [0.3, 0.4) is 0 Å². The van der Waals surface area contributed by atoms with Gasteiger partial charge in [-0.1, -0.05) is 19.7 Å². The van der Waals surface area contributed by atoms with E-state index in [9.17, 15) is 14.4 Å². The molecule has 6 heteroatoms. The third-order valence-corrected chi connectivity index (χ3v) is 1.60. The first-order valence-corrected chi connectivity index (χ1v) is 5.76. The first-order chi connectivity index (χ1) is 9.54. The van der Waals surface area contributed by atoms with E-state index in [1.165, 1.54) is 21.3 Å². The Labute approximate surface area is 126 Å². The number of rotatable bonds is 3. The maximum Gasteiger partial charge on any atom is 0.332 e. The molecule has 0 atom stereocenters. The fraction of sp³-hybridized carbons (Fsp3) is 0.400. The number of hydrogen-bond donors (Lipinski definition) is 0. The summed E-state index contributed by atoms with van der Waals surface area (Å²) in [5, 5.41) is 0. The van der Waals surface area contributed by atoms with Crippen molar-refractivity contribution in [3.63, 3.8) is 0 Å². The number of ether oxygens (including phenoxy) is 3. The molecule has 0 rings (SSSR count). The zero-order valence-electron chi connectivity index (χ0n) is 13.6. The van der Waals surface area contributed by atoms with E-state index < -0.39 is 0 Å². The van der Waals surface area contributed by atoms with E-state index in [0.717, 1.165) is 0 Å². The van der Waals surface area contributed by atoms with Gasteiger partial charge in [0.1, 0.15) is 0 Å². The number of hydrogen-bond acceptors (Lipinski definition) is 6. The summed E-state index contributed by atoms with van der Waals surface area (Å²) in [4.78, 5) is 30.6. The van der Waals surface area contributed by atoms with Gasteiger partial charge in [-0.05, 0) is 20.8 Å². The molecule has 0 aromatic rings. The monoisotopic (exact) mass is 300 g/mol. The predicted octanol–water partition coefficient (Wildman–Crippen LogP) is 2.21. The molecule has 0 N–H and O–H groups in total. The van der Waals surface area contributed by atoms with Crippen LogP contribution in [-0.4, -0.2) is 39.2 Å². The van der Waals surface area contributed by atoms with Gasteiger partial charge in [0.2, 0.25) is 0 Å². The van der Waals surface area contributed by atoms with Gasteiger partial charge in [-0.2, -0.15) is 0 Å². The fourth-order valence-corrected chi connectivity index (χ4v) is 0.523. The number of methoxy groups -OCH3 is 3. The van der Waals surface area contributed by atoms with Gasteiger partial charge in [-0.15, -0.1) is 0 Å². The molecule has 0 aliphatic rings. The van der Waals surface area contributed by atoms with Gasteiger partial charge in [0.05, 0.1) is 21.3 Å². The Morgan fingerprint density at radius 1 is 0.571 bits per heavy atom. The first kappa shape index (κ1) is 23.7. The molecule has 120 valence electrons. The first-order valence-electron chi connectivity index (χ1n) is 5.76. The van der Waals surface area contributed by atoms with Gasteiger partial charge in [0.15, 0.2) is 0 Å². The minimum Gasteiger partial charge on any atom is -0.466 e. The minimum absolute atomic E-state index is 0.347. The Kier molecular flexibility index (Phi) is 15.9. The smallest absolute Gasteiger partial charge is 0.332 e. The number of carbonyl (C=O) groups excluding carboxylic acids is 3. The van der Waals surface area contributed by atoms with E-state index in [0.29, 0.717) is 16.7 Å². The maximum atomic E-state index is 10.2. The third kappa shape index (κ3) is 17.6. The molecule has 0 aliphatic carbocycles. The lowest BCUT2D eigenvalue weighted by Crippen LogP contribution is -1.98. The average Bonchev–Trinajstić information content (AvgIpc) is 2.45. The van der Waals surface area contributed by atoms with E-state index in [-0.39, 0.29) is 17.9 Å². The van der Waals surface area contributed by atoms with Crippen LogP contribution in [0.1, 0.15) is 20.8 Å². The van der Waals surface area contributed by atoms with E-state index in [4.69, 9.17) is 0 Å². The standard InChI is InChI=1S/3C5H8O2/c3*1-4(2)5(6)7-3/h3*1H2,2-3H3. The lowest BCUT2D eigenvalue weighted by Gasteiger charge is -1.91. The highest BCUT2D eigenvalue weighted by molar-refractivity contribution is 5.87. The second kappa shape index (κ2) is 14.0. The quantitative estimate of drug-likeness (QED) is 0.452. The van der Waals surface area contributed by atoms with Crippen LogP contribution in [0.2, 0.25) is 0 Å². The van der Waals surface area contributed by atoms with Crippen LogP contribution in [-0.2, 0) is 28.6 Å². The molecule has 0 saturated carbocycles. The minimum atomic E-state index is -0.347. The van der Waals surface area contributed by atoms with Crippen molar-refractivity contribution < 1.29 is 28.6 Å². The Hall–Kier alpha value is -2.37. The van der Waals surface area contributed by atoms with E-state index in [1.54, 1.807) is 20.8 Å². The van der Waals surface area contributed by atoms with Gasteiger partial charge in [0.25, 0.3) is 0 Å². The van der Waals surface area contributed by atoms with Crippen LogP contribution < -0.4 is 0 Å². The van der Waals surface area contributed by atoms with E-state index in [1.807, 2.05) is 0 Å². The van der Waals surface area contributed by atoms with Gasteiger partial charge >= 0.3 is 17.9 Å². The molecule has 0 saturated heterocycles. The van der Waals surface area contributed by atoms with Crippen molar-refractivity contribution in [3.05, 3.63) is 36.5 Å². The van der Waals surface area contributed by atoms with Crippen molar-refractivity contribution in [1.82, 2.24) is 0 Å². The van der Waals surface area contributed by atoms with Crippen LogP contribution in [0.5, 0.6) is 0 Å². The highest BCUT2D eigenvalue weighted by Gasteiger charge is 1.96. The molecular weight excluding hydrogens is 276 g/mol. The van der Waals surface area contributed by atoms with Crippen molar-refractivity contribution >= 4 is 17.9 Å². The Morgan fingerprint density at radius 2 is 0.714 bits per heavy atom. The number of carbonyl (C=O) groups is 3. The maximum absolute atomic E-state index is 10.2.